The van der Waals surface area contributed by atoms with Gasteiger partial charge >= 0.3 is 0 Å². The van der Waals surface area contributed by atoms with Gasteiger partial charge in [-0.05, 0) is 84.0 Å². The summed E-state index contributed by atoms with van der Waals surface area (Å²) in [6.07, 6.45) is 0.885. The molecule has 0 aliphatic rings. The van der Waals surface area contributed by atoms with E-state index in [1.54, 1.807) is 24.3 Å². The molecule has 8 nitrogen and oxygen atoms in total. The lowest BCUT2D eigenvalue weighted by atomic mass is 10.0. The summed E-state index contributed by atoms with van der Waals surface area (Å²) in [5, 5.41) is 39.5. The van der Waals surface area contributed by atoms with Crippen LogP contribution >= 0.6 is 11.6 Å². The number of aromatic hydroxyl groups is 1. The molecule has 0 fully saturated rings. The number of carbonyl (C=O) groups is 2. The maximum atomic E-state index is 12.7. The molecule has 2 amide bonds. The van der Waals surface area contributed by atoms with E-state index >= 15 is 0 Å². The van der Waals surface area contributed by atoms with Crippen molar-refractivity contribution in [3.05, 3.63) is 135 Å². The standard InChI is InChI=1S/C36H40ClN3O5/c1-24(39-22-34(43)30-11-14-33(42)31(20-30)23-41)17-27-3-2-4-28(18-27)19-35(44)40-21-26-5-9-29(10-6-26)36(45)38-16-15-25-7-12-32(37)13-8-25/h2-14,18,20,24,34,39,41-43H,15-17,19,21-23H2,1H3,(H,38,45)(H,40,44)/t24-,34+/m1/s1. The van der Waals surface area contributed by atoms with Gasteiger partial charge in [-0.25, -0.2) is 0 Å². The number of phenols is 1. The van der Waals surface area contributed by atoms with E-state index < -0.39 is 6.10 Å². The number of nitrogens with one attached hydrogen (secondary N) is 3. The van der Waals surface area contributed by atoms with Crippen LogP contribution in [0.5, 0.6) is 5.75 Å². The molecule has 0 aliphatic heterocycles. The SMILES string of the molecule is C[C@H](Cc1cccc(CC(=O)NCc2ccc(C(=O)NCCc3ccc(Cl)cc3)cc2)c1)NC[C@H](O)c1ccc(O)c(CO)c1. The molecule has 9 heteroatoms. The highest BCUT2D eigenvalue weighted by Crippen LogP contribution is 2.22. The summed E-state index contributed by atoms with van der Waals surface area (Å²) in [5.74, 6) is -0.239. The summed E-state index contributed by atoms with van der Waals surface area (Å²) in [6, 6.07) is 27.4. The highest BCUT2D eigenvalue weighted by atomic mass is 35.5. The lowest BCUT2D eigenvalue weighted by Crippen LogP contribution is -2.32. The first-order valence-electron chi connectivity index (χ1n) is 15.0. The maximum Gasteiger partial charge on any atom is 0.251 e. The molecule has 2 atom stereocenters. The van der Waals surface area contributed by atoms with Crippen molar-refractivity contribution in [2.45, 2.75) is 51.5 Å². The number of aliphatic hydroxyl groups excluding tert-OH is 2. The Bertz CT molecular complexity index is 1560. The van der Waals surface area contributed by atoms with E-state index in [1.807, 2.05) is 67.6 Å². The van der Waals surface area contributed by atoms with Crippen LogP contribution in [0, 0.1) is 0 Å². The molecule has 0 aliphatic carbocycles. The number of hydrogen-bond donors (Lipinski definition) is 6. The number of carbonyl (C=O) groups excluding carboxylic acids is 2. The van der Waals surface area contributed by atoms with Crippen molar-refractivity contribution in [2.24, 2.45) is 0 Å². The van der Waals surface area contributed by atoms with Crippen molar-refractivity contribution in [3.8, 4) is 5.75 Å². The average molecular weight is 630 g/mol. The van der Waals surface area contributed by atoms with Crippen LogP contribution in [-0.2, 0) is 37.2 Å². The molecule has 6 N–H and O–H groups in total. The Labute approximate surface area is 269 Å². The minimum absolute atomic E-state index is 0.000932. The predicted molar refractivity (Wildman–Crippen MR) is 176 cm³/mol. The summed E-state index contributed by atoms with van der Waals surface area (Å²) in [4.78, 5) is 25.2. The molecule has 45 heavy (non-hydrogen) atoms. The Hall–Kier alpha value is -4.21. The quantitative estimate of drug-likeness (QED) is 0.114. The number of halogens is 1. The van der Waals surface area contributed by atoms with Gasteiger partial charge in [-0.1, -0.05) is 66.2 Å². The molecule has 4 aromatic rings. The second-order valence-electron chi connectivity index (χ2n) is 11.2. The fourth-order valence-electron chi connectivity index (χ4n) is 4.96. The molecular formula is C36H40ClN3O5. The lowest BCUT2D eigenvalue weighted by molar-refractivity contribution is -0.120. The van der Waals surface area contributed by atoms with Crippen LogP contribution in [0.1, 0.15) is 56.8 Å². The maximum absolute atomic E-state index is 12.7. The molecule has 4 rings (SSSR count). The summed E-state index contributed by atoms with van der Waals surface area (Å²) < 4.78 is 0. The minimum atomic E-state index is -0.785. The summed E-state index contributed by atoms with van der Waals surface area (Å²) >= 11 is 5.91. The predicted octanol–water partition coefficient (Wildman–Crippen LogP) is 4.62. The van der Waals surface area contributed by atoms with Gasteiger partial charge < -0.3 is 31.3 Å². The Morgan fingerprint density at radius 1 is 0.844 bits per heavy atom. The molecule has 236 valence electrons. The average Bonchev–Trinajstić information content (AvgIpc) is 3.04. The van der Waals surface area contributed by atoms with Crippen LogP contribution in [0.15, 0.2) is 91.0 Å². The first-order chi connectivity index (χ1) is 21.7. The largest absolute Gasteiger partial charge is 0.508 e. The fourth-order valence-corrected chi connectivity index (χ4v) is 5.08. The number of amides is 2. The normalized spacial score (nSPS) is 12.4. The second kappa shape index (κ2) is 16.7. The Morgan fingerprint density at radius 3 is 2.29 bits per heavy atom. The Morgan fingerprint density at radius 2 is 1.56 bits per heavy atom. The van der Waals surface area contributed by atoms with E-state index in [0.717, 1.165) is 22.3 Å². The van der Waals surface area contributed by atoms with Crippen LogP contribution in [0.3, 0.4) is 0 Å². The fraction of sp³-hybridized carbons (Fsp3) is 0.278. The molecular weight excluding hydrogens is 590 g/mol. The number of rotatable bonds is 15. The van der Waals surface area contributed by atoms with Crippen molar-refractivity contribution >= 4 is 23.4 Å². The van der Waals surface area contributed by atoms with E-state index in [4.69, 9.17) is 11.6 Å². The van der Waals surface area contributed by atoms with Crippen molar-refractivity contribution in [1.29, 1.82) is 0 Å². The zero-order chi connectivity index (χ0) is 32.2. The molecule has 0 heterocycles. The summed E-state index contributed by atoms with van der Waals surface area (Å²) in [5.41, 5.74) is 5.53. The molecule has 0 aromatic heterocycles. The molecule has 0 unspecified atom stereocenters. The third kappa shape index (κ3) is 10.7. The first kappa shape index (κ1) is 33.7. The van der Waals surface area contributed by atoms with E-state index in [-0.39, 0.29) is 36.6 Å². The van der Waals surface area contributed by atoms with Crippen molar-refractivity contribution < 1.29 is 24.9 Å². The van der Waals surface area contributed by atoms with Gasteiger partial charge in [-0.2, -0.15) is 0 Å². The van der Waals surface area contributed by atoms with Crippen LogP contribution in [0.2, 0.25) is 5.02 Å². The summed E-state index contributed by atoms with van der Waals surface area (Å²) in [7, 11) is 0. The van der Waals surface area contributed by atoms with Crippen LogP contribution in [-0.4, -0.2) is 46.3 Å². The smallest absolute Gasteiger partial charge is 0.251 e. The zero-order valence-electron chi connectivity index (χ0n) is 25.3. The topological polar surface area (TPSA) is 131 Å². The molecule has 0 bridgehead atoms. The van der Waals surface area contributed by atoms with Gasteiger partial charge in [0, 0.05) is 41.8 Å². The molecule has 0 saturated carbocycles. The van der Waals surface area contributed by atoms with Gasteiger partial charge in [-0.3, -0.25) is 9.59 Å². The van der Waals surface area contributed by atoms with E-state index in [9.17, 15) is 24.9 Å². The molecule has 0 saturated heterocycles. The van der Waals surface area contributed by atoms with Crippen molar-refractivity contribution in [3.63, 3.8) is 0 Å². The van der Waals surface area contributed by atoms with Gasteiger partial charge in [0.2, 0.25) is 5.91 Å². The highest BCUT2D eigenvalue weighted by molar-refractivity contribution is 6.30. The lowest BCUT2D eigenvalue weighted by Gasteiger charge is -2.18. The monoisotopic (exact) mass is 629 g/mol. The number of hydrogen-bond acceptors (Lipinski definition) is 6. The minimum Gasteiger partial charge on any atom is -0.508 e. The zero-order valence-corrected chi connectivity index (χ0v) is 26.1. The summed E-state index contributed by atoms with van der Waals surface area (Å²) in [6.45, 7) is 2.92. The van der Waals surface area contributed by atoms with Gasteiger partial charge in [-0.15, -0.1) is 0 Å². The third-order valence-corrected chi connectivity index (χ3v) is 7.79. The van der Waals surface area contributed by atoms with Crippen LogP contribution in [0.4, 0.5) is 0 Å². The highest BCUT2D eigenvalue weighted by Gasteiger charge is 2.13. The van der Waals surface area contributed by atoms with Crippen LogP contribution < -0.4 is 16.0 Å². The molecule has 0 spiro atoms. The first-order valence-corrected chi connectivity index (χ1v) is 15.4. The van der Waals surface area contributed by atoms with E-state index in [1.165, 1.54) is 6.07 Å². The number of aliphatic hydroxyl groups is 2. The number of benzene rings is 4. The van der Waals surface area contributed by atoms with Gasteiger partial charge in [0.05, 0.1) is 19.1 Å². The Balaban J connectivity index is 1.18. The van der Waals surface area contributed by atoms with Gasteiger partial charge in [0.25, 0.3) is 5.91 Å². The third-order valence-electron chi connectivity index (χ3n) is 7.53. The van der Waals surface area contributed by atoms with Crippen molar-refractivity contribution in [2.75, 3.05) is 13.1 Å². The van der Waals surface area contributed by atoms with Crippen LogP contribution in [0.25, 0.3) is 0 Å². The molecule has 0 radical (unpaired) electrons. The molecule has 4 aromatic carbocycles. The second-order valence-corrected chi connectivity index (χ2v) is 11.6. The Kier molecular flexibility index (Phi) is 12.5. The van der Waals surface area contributed by atoms with Gasteiger partial charge in [0.1, 0.15) is 5.75 Å². The van der Waals surface area contributed by atoms with Gasteiger partial charge in [0.15, 0.2) is 0 Å². The van der Waals surface area contributed by atoms with E-state index in [0.29, 0.717) is 54.2 Å². The van der Waals surface area contributed by atoms with Crippen molar-refractivity contribution in [1.82, 2.24) is 16.0 Å². The van der Waals surface area contributed by atoms with E-state index in [2.05, 4.69) is 16.0 Å².